The standard InChI is InChI=1S/C27H28N2O/c30-27(26-19-28-21-29(26)20-23-12-6-2-7-13-23)17-16-25(24-14-8-3-9-15-24)18-22-10-4-1-5-11-22/h1-15,19,21,25,27,30H,16-18,20H2. The second-order valence-electron chi connectivity index (χ2n) is 7.82. The van der Waals surface area contributed by atoms with Gasteiger partial charge in [-0.05, 0) is 41.9 Å². The highest BCUT2D eigenvalue weighted by Crippen LogP contribution is 2.30. The second kappa shape index (κ2) is 10.0. The van der Waals surface area contributed by atoms with Crippen LogP contribution in [0.1, 0.15) is 47.2 Å². The van der Waals surface area contributed by atoms with E-state index in [-0.39, 0.29) is 0 Å². The van der Waals surface area contributed by atoms with Gasteiger partial charge in [0.05, 0.1) is 24.3 Å². The molecule has 152 valence electrons. The monoisotopic (exact) mass is 396 g/mol. The van der Waals surface area contributed by atoms with Crippen LogP contribution in [-0.2, 0) is 13.0 Å². The molecule has 1 aromatic heterocycles. The fraction of sp³-hybridized carbons (Fsp3) is 0.222. The SMILES string of the molecule is OC(CCC(Cc1ccccc1)c1ccccc1)c1cncn1Cc1ccccc1. The van der Waals surface area contributed by atoms with Gasteiger partial charge in [-0.15, -0.1) is 0 Å². The van der Waals surface area contributed by atoms with Crippen molar-refractivity contribution in [2.45, 2.75) is 37.8 Å². The zero-order chi connectivity index (χ0) is 20.6. The largest absolute Gasteiger partial charge is 0.387 e. The molecule has 30 heavy (non-hydrogen) atoms. The Morgan fingerprint density at radius 2 is 1.33 bits per heavy atom. The van der Waals surface area contributed by atoms with E-state index in [1.165, 1.54) is 16.7 Å². The van der Waals surface area contributed by atoms with Crippen molar-refractivity contribution < 1.29 is 5.11 Å². The van der Waals surface area contributed by atoms with Gasteiger partial charge in [0.25, 0.3) is 0 Å². The van der Waals surface area contributed by atoms with Gasteiger partial charge in [-0.3, -0.25) is 0 Å². The van der Waals surface area contributed by atoms with Gasteiger partial charge in [-0.2, -0.15) is 0 Å². The average molecular weight is 397 g/mol. The molecule has 0 radical (unpaired) electrons. The minimum absolute atomic E-state index is 0.369. The number of aromatic nitrogens is 2. The lowest BCUT2D eigenvalue weighted by molar-refractivity contribution is 0.152. The van der Waals surface area contributed by atoms with Crippen LogP contribution in [0.15, 0.2) is 104 Å². The number of hydrogen-bond acceptors (Lipinski definition) is 2. The van der Waals surface area contributed by atoms with E-state index in [0.29, 0.717) is 12.3 Å². The summed E-state index contributed by atoms with van der Waals surface area (Å²) in [6.07, 6.45) is 5.66. The maximum Gasteiger partial charge on any atom is 0.0956 e. The molecule has 0 aliphatic carbocycles. The third kappa shape index (κ3) is 5.25. The summed E-state index contributed by atoms with van der Waals surface area (Å²) in [6.45, 7) is 0.722. The summed E-state index contributed by atoms with van der Waals surface area (Å²) < 4.78 is 2.05. The predicted octanol–water partition coefficient (Wildman–Crippen LogP) is 5.77. The van der Waals surface area contributed by atoms with E-state index < -0.39 is 6.10 Å². The van der Waals surface area contributed by atoms with Gasteiger partial charge in [0.15, 0.2) is 0 Å². The van der Waals surface area contributed by atoms with Crippen molar-refractivity contribution in [2.24, 2.45) is 0 Å². The van der Waals surface area contributed by atoms with Crippen LogP contribution >= 0.6 is 0 Å². The second-order valence-corrected chi connectivity index (χ2v) is 7.82. The smallest absolute Gasteiger partial charge is 0.0956 e. The highest BCUT2D eigenvalue weighted by atomic mass is 16.3. The Kier molecular flexibility index (Phi) is 6.73. The summed E-state index contributed by atoms with van der Waals surface area (Å²) in [4.78, 5) is 4.30. The highest BCUT2D eigenvalue weighted by Gasteiger charge is 2.18. The first-order valence-corrected chi connectivity index (χ1v) is 10.6. The molecule has 1 heterocycles. The Labute approximate surface area is 178 Å². The lowest BCUT2D eigenvalue weighted by atomic mass is 9.87. The van der Waals surface area contributed by atoms with Crippen LogP contribution in [0, 0.1) is 0 Å². The van der Waals surface area contributed by atoms with Gasteiger partial charge in [0.2, 0.25) is 0 Å². The number of aliphatic hydroxyl groups excluding tert-OH is 1. The Morgan fingerprint density at radius 3 is 2.00 bits per heavy atom. The highest BCUT2D eigenvalue weighted by molar-refractivity contribution is 5.24. The quantitative estimate of drug-likeness (QED) is 0.390. The van der Waals surface area contributed by atoms with Gasteiger partial charge < -0.3 is 9.67 Å². The summed E-state index contributed by atoms with van der Waals surface area (Å²) >= 11 is 0. The van der Waals surface area contributed by atoms with Gasteiger partial charge >= 0.3 is 0 Å². The topological polar surface area (TPSA) is 38.1 Å². The lowest BCUT2D eigenvalue weighted by Gasteiger charge is -2.20. The minimum atomic E-state index is -0.529. The molecule has 0 spiro atoms. The van der Waals surface area contributed by atoms with Crippen molar-refractivity contribution in [1.82, 2.24) is 9.55 Å². The summed E-state index contributed by atoms with van der Waals surface area (Å²) in [5, 5.41) is 11.0. The number of nitrogens with zero attached hydrogens (tertiary/aromatic N) is 2. The third-order valence-corrected chi connectivity index (χ3v) is 5.67. The van der Waals surface area contributed by atoms with Gasteiger partial charge in [0.1, 0.15) is 0 Å². The molecule has 4 rings (SSSR count). The van der Waals surface area contributed by atoms with Crippen LogP contribution < -0.4 is 0 Å². The van der Waals surface area contributed by atoms with E-state index >= 15 is 0 Å². The lowest BCUT2D eigenvalue weighted by Crippen LogP contribution is -2.10. The molecule has 3 aromatic carbocycles. The average Bonchev–Trinajstić information content (AvgIpc) is 3.26. The first kappa shape index (κ1) is 20.1. The zero-order valence-electron chi connectivity index (χ0n) is 17.1. The van der Waals surface area contributed by atoms with E-state index in [4.69, 9.17) is 0 Å². The van der Waals surface area contributed by atoms with Crippen LogP contribution in [0.5, 0.6) is 0 Å². The number of benzene rings is 3. The van der Waals surface area contributed by atoms with E-state index in [1.807, 2.05) is 24.5 Å². The molecule has 0 saturated heterocycles. The van der Waals surface area contributed by atoms with Gasteiger partial charge in [-0.25, -0.2) is 4.98 Å². The van der Waals surface area contributed by atoms with Crippen LogP contribution in [0.2, 0.25) is 0 Å². The van der Waals surface area contributed by atoms with Crippen molar-refractivity contribution >= 4 is 0 Å². The third-order valence-electron chi connectivity index (χ3n) is 5.67. The first-order valence-electron chi connectivity index (χ1n) is 10.6. The van der Waals surface area contributed by atoms with Gasteiger partial charge in [-0.1, -0.05) is 91.0 Å². The minimum Gasteiger partial charge on any atom is -0.387 e. The zero-order valence-corrected chi connectivity index (χ0v) is 17.1. The Bertz CT molecular complexity index is 1010. The Morgan fingerprint density at radius 1 is 0.733 bits per heavy atom. The van der Waals surface area contributed by atoms with E-state index in [0.717, 1.165) is 25.1 Å². The van der Waals surface area contributed by atoms with Crippen LogP contribution in [0.4, 0.5) is 0 Å². The molecular formula is C27H28N2O. The fourth-order valence-electron chi connectivity index (χ4n) is 4.04. The summed E-state index contributed by atoms with van der Waals surface area (Å²) in [7, 11) is 0. The van der Waals surface area contributed by atoms with Crippen LogP contribution in [0.25, 0.3) is 0 Å². The summed E-state index contributed by atoms with van der Waals surface area (Å²) in [5.74, 6) is 0.369. The maximum absolute atomic E-state index is 11.0. The van der Waals surface area contributed by atoms with Gasteiger partial charge in [0, 0.05) is 6.54 Å². The van der Waals surface area contributed by atoms with Crippen LogP contribution in [0.3, 0.4) is 0 Å². The molecule has 0 amide bonds. The fourth-order valence-corrected chi connectivity index (χ4v) is 4.04. The molecule has 0 saturated carbocycles. The summed E-state index contributed by atoms with van der Waals surface area (Å²) in [6, 6.07) is 31.5. The Hall–Kier alpha value is -3.17. The normalized spacial score (nSPS) is 13.1. The van der Waals surface area contributed by atoms with Crippen LogP contribution in [-0.4, -0.2) is 14.7 Å². The molecule has 2 atom stereocenters. The van der Waals surface area contributed by atoms with Crippen molar-refractivity contribution in [3.63, 3.8) is 0 Å². The van der Waals surface area contributed by atoms with E-state index in [2.05, 4.69) is 82.3 Å². The molecule has 0 aliphatic rings. The number of aliphatic hydroxyl groups is 1. The first-order chi connectivity index (χ1) is 14.8. The van der Waals surface area contributed by atoms with E-state index in [1.54, 1.807) is 6.20 Å². The van der Waals surface area contributed by atoms with E-state index in [9.17, 15) is 5.11 Å². The van der Waals surface area contributed by atoms with Crippen molar-refractivity contribution in [1.29, 1.82) is 0 Å². The molecular weight excluding hydrogens is 368 g/mol. The molecule has 0 fully saturated rings. The number of imidazole rings is 1. The number of hydrogen-bond donors (Lipinski definition) is 1. The molecule has 0 aliphatic heterocycles. The molecule has 3 heteroatoms. The Balaban J connectivity index is 1.45. The van der Waals surface area contributed by atoms with Crippen molar-refractivity contribution in [3.05, 3.63) is 126 Å². The molecule has 2 unspecified atom stereocenters. The number of rotatable bonds is 9. The summed E-state index contributed by atoms with van der Waals surface area (Å²) in [5.41, 5.74) is 4.74. The molecule has 4 aromatic rings. The molecule has 0 bridgehead atoms. The van der Waals surface area contributed by atoms with Crippen molar-refractivity contribution in [2.75, 3.05) is 0 Å². The molecule has 1 N–H and O–H groups in total. The predicted molar refractivity (Wildman–Crippen MR) is 121 cm³/mol. The maximum atomic E-state index is 11.0. The molecule has 3 nitrogen and oxygen atoms in total. The van der Waals surface area contributed by atoms with Crippen molar-refractivity contribution in [3.8, 4) is 0 Å².